The monoisotopic (exact) mass is 356 g/mol. The number of nitrogens with two attached hydrogens (primary N) is 1. The van der Waals surface area contributed by atoms with Crippen LogP contribution < -0.4 is 11.1 Å². The summed E-state index contributed by atoms with van der Waals surface area (Å²) in [5.74, 6) is 0. The molecule has 0 aliphatic heterocycles. The molecule has 4 nitrogen and oxygen atoms in total. The van der Waals surface area contributed by atoms with Crippen LogP contribution in [0.4, 0.5) is 5.69 Å². The second kappa shape index (κ2) is 8.73. The first-order valence-electron chi connectivity index (χ1n) is 7.69. The van der Waals surface area contributed by atoms with Gasteiger partial charge in [-0.15, -0.1) is 0 Å². The molecule has 0 spiro atoms. The van der Waals surface area contributed by atoms with Crippen molar-refractivity contribution in [3.63, 3.8) is 0 Å². The zero-order valence-electron chi connectivity index (χ0n) is 12.4. The molecule has 0 atom stereocenters. The van der Waals surface area contributed by atoms with Gasteiger partial charge in [0.15, 0.2) is 0 Å². The third-order valence-electron chi connectivity index (χ3n) is 3.97. The highest BCUT2D eigenvalue weighted by Crippen LogP contribution is 2.26. The van der Waals surface area contributed by atoms with Crippen molar-refractivity contribution in [3.05, 3.63) is 27.7 Å². The van der Waals surface area contributed by atoms with E-state index in [1.165, 1.54) is 32.1 Å². The molecule has 0 bridgehead atoms. The van der Waals surface area contributed by atoms with Crippen molar-refractivity contribution in [1.29, 1.82) is 0 Å². The van der Waals surface area contributed by atoms with Gasteiger partial charge in [-0.1, -0.05) is 25.3 Å². The molecule has 1 aliphatic carbocycles. The van der Waals surface area contributed by atoms with E-state index in [0.29, 0.717) is 19.3 Å². The van der Waals surface area contributed by atoms with Crippen LogP contribution in [0.5, 0.6) is 0 Å². The molecule has 0 radical (unpaired) electrons. The van der Waals surface area contributed by atoms with Gasteiger partial charge >= 0.3 is 0 Å². The van der Waals surface area contributed by atoms with E-state index in [1.54, 1.807) is 0 Å². The lowest BCUT2D eigenvalue weighted by molar-refractivity contribution is 0.0815. The van der Waals surface area contributed by atoms with Gasteiger partial charge in [0.05, 0.1) is 25.5 Å². The lowest BCUT2D eigenvalue weighted by atomic mass is 9.95. The van der Waals surface area contributed by atoms with Gasteiger partial charge in [0, 0.05) is 17.1 Å². The summed E-state index contributed by atoms with van der Waals surface area (Å²) in [6.07, 6.45) is 6.54. The largest absolute Gasteiger partial charge is 0.398 e. The molecular formula is C16H25BrN2O2. The normalized spacial score (nSPS) is 16.3. The van der Waals surface area contributed by atoms with Crippen LogP contribution in [0.3, 0.4) is 0 Å². The van der Waals surface area contributed by atoms with Crippen LogP contribution in [0.15, 0.2) is 16.6 Å². The molecule has 118 valence electrons. The van der Waals surface area contributed by atoms with Crippen LogP contribution in [0.2, 0.25) is 0 Å². The molecule has 2 rings (SSSR count). The molecule has 1 aliphatic rings. The van der Waals surface area contributed by atoms with Crippen LogP contribution in [-0.4, -0.2) is 24.4 Å². The fourth-order valence-electron chi connectivity index (χ4n) is 2.78. The minimum atomic E-state index is 0.0479. The third-order valence-corrected chi connectivity index (χ3v) is 4.62. The quantitative estimate of drug-likeness (QED) is 0.519. The molecule has 1 aromatic carbocycles. The molecule has 1 saturated carbocycles. The van der Waals surface area contributed by atoms with Gasteiger partial charge in [-0.2, -0.15) is 0 Å². The maximum atomic E-state index is 8.76. The van der Waals surface area contributed by atoms with E-state index in [-0.39, 0.29) is 6.61 Å². The lowest BCUT2D eigenvalue weighted by Crippen LogP contribution is -2.30. The van der Waals surface area contributed by atoms with Crippen molar-refractivity contribution in [2.75, 3.05) is 18.9 Å². The van der Waals surface area contributed by atoms with Crippen molar-refractivity contribution in [1.82, 2.24) is 5.32 Å². The second-order valence-electron chi connectivity index (χ2n) is 5.64. The van der Waals surface area contributed by atoms with E-state index < -0.39 is 0 Å². The highest BCUT2D eigenvalue weighted by molar-refractivity contribution is 9.10. The minimum Gasteiger partial charge on any atom is -0.398 e. The van der Waals surface area contributed by atoms with Crippen molar-refractivity contribution in [2.24, 2.45) is 0 Å². The smallest absolute Gasteiger partial charge is 0.0718 e. The number of nitrogen functional groups attached to an aromatic ring is 1. The van der Waals surface area contributed by atoms with Crippen LogP contribution in [0.1, 0.15) is 43.2 Å². The Balaban J connectivity index is 1.96. The fourth-order valence-corrected chi connectivity index (χ4v) is 3.33. The Bertz CT molecular complexity index is 448. The summed E-state index contributed by atoms with van der Waals surface area (Å²) in [7, 11) is 0. The number of hydrogen-bond donors (Lipinski definition) is 3. The maximum Gasteiger partial charge on any atom is 0.0718 e. The Hall–Kier alpha value is -0.620. The number of anilines is 1. The Morgan fingerprint density at radius 1 is 1.29 bits per heavy atom. The standard InChI is InChI=1S/C16H25BrN2O2/c17-15-9-12(11-21-7-6-20)8-13(16(15)18)10-19-14-4-2-1-3-5-14/h8-9,14,19-20H,1-7,10-11,18H2. The topological polar surface area (TPSA) is 67.5 Å². The first-order valence-corrected chi connectivity index (χ1v) is 8.48. The zero-order chi connectivity index (χ0) is 15.1. The Morgan fingerprint density at radius 2 is 2.05 bits per heavy atom. The Labute approximate surface area is 135 Å². The van der Waals surface area contributed by atoms with Crippen LogP contribution in [0.25, 0.3) is 0 Å². The summed E-state index contributed by atoms with van der Waals surface area (Å²) in [4.78, 5) is 0. The summed E-state index contributed by atoms with van der Waals surface area (Å²) in [6.45, 7) is 1.70. The average Bonchev–Trinajstić information content (AvgIpc) is 2.50. The highest BCUT2D eigenvalue weighted by Gasteiger charge is 2.14. The highest BCUT2D eigenvalue weighted by atomic mass is 79.9. The summed E-state index contributed by atoms with van der Waals surface area (Å²) >= 11 is 3.51. The van der Waals surface area contributed by atoms with E-state index in [2.05, 4.69) is 27.3 Å². The number of halogens is 1. The summed E-state index contributed by atoms with van der Waals surface area (Å²) in [5, 5.41) is 12.4. The van der Waals surface area contributed by atoms with Gasteiger partial charge < -0.3 is 20.9 Å². The third kappa shape index (κ3) is 5.25. The van der Waals surface area contributed by atoms with Crippen molar-refractivity contribution in [2.45, 2.75) is 51.3 Å². The lowest BCUT2D eigenvalue weighted by Gasteiger charge is -2.23. The van der Waals surface area contributed by atoms with Crippen LogP contribution in [-0.2, 0) is 17.9 Å². The van der Waals surface area contributed by atoms with E-state index in [0.717, 1.165) is 27.8 Å². The minimum absolute atomic E-state index is 0.0479. The Morgan fingerprint density at radius 3 is 2.76 bits per heavy atom. The van der Waals surface area contributed by atoms with Gasteiger partial charge in [0.2, 0.25) is 0 Å². The number of hydrogen-bond acceptors (Lipinski definition) is 4. The first kappa shape index (κ1) is 16.7. The van der Waals surface area contributed by atoms with Crippen LogP contribution >= 0.6 is 15.9 Å². The number of nitrogens with one attached hydrogen (secondary N) is 1. The van der Waals surface area contributed by atoms with Crippen molar-refractivity contribution >= 4 is 21.6 Å². The van der Waals surface area contributed by atoms with Gasteiger partial charge in [-0.3, -0.25) is 0 Å². The van der Waals surface area contributed by atoms with Crippen LogP contribution in [0, 0.1) is 0 Å². The molecule has 4 N–H and O–H groups in total. The van der Waals surface area contributed by atoms with Gasteiger partial charge in [0.1, 0.15) is 0 Å². The number of benzene rings is 1. The Kier molecular flexibility index (Phi) is 6.96. The zero-order valence-corrected chi connectivity index (χ0v) is 14.0. The van der Waals surface area contributed by atoms with Crippen molar-refractivity contribution in [3.8, 4) is 0 Å². The van der Waals surface area contributed by atoms with E-state index in [1.807, 2.05) is 6.07 Å². The molecule has 21 heavy (non-hydrogen) atoms. The van der Waals surface area contributed by atoms with Gasteiger partial charge in [0.25, 0.3) is 0 Å². The molecule has 0 unspecified atom stereocenters. The van der Waals surface area contributed by atoms with E-state index >= 15 is 0 Å². The van der Waals surface area contributed by atoms with Crippen molar-refractivity contribution < 1.29 is 9.84 Å². The number of ether oxygens (including phenoxy) is 1. The van der Waals surface area contributed by atoms with E-state index in [9.17, 15) is 0 Å². The molecule has 0 saturated heterocycles. The number of aliphatic hydroxyl groups is 1. The van der Waals surface area contributed by atoms with E-state index in [4.69, 9.17) is 15.6 Å². The fraction of sp³-hybridized carbons (Fsp3) is 0.625. The number of aliphatic hydroxyl groups excluding tert-OH is 1. The molecule has 0 amide bonds. The average molecular weight is 357 g/mol. The van der Waals surface area contributed by atoms with Gasteiger partial charge in [-0.25, -0.2) is 0 Å². The summed E-state index contributed by atoms with van der Waals surface area (Å²) in [5.41, 5.74) is 9.13. The SMILES string of the molecule is Nc1c(Br)cc(COCCO)cc1CNC1CCCCC1. The predicted octanol–water partition coefficient (Wildman–Crippen LogP) is 2.96. The second-order valence-corrected chi connectivity index (χ2v) is 6.50. The maximum absolute atomic E-state index is 8.76. The first-order chi connectivity index (χ1) is 10.2. The molecule has 1 fully saturated rings. The molecular weight excluding hydrogens is 332 g/mol. The van der Waals surface area contributed by atoms with Gasteiger partial charge in [-0.05, 0) is 46.0 Å². The summed E-state index contributed by atoms with van der Waals surface area (Å²) < 4.78 is 6.29. The molecule has 0 heterocycles. The summed E-state index contributed by atoms with van der Waals surface area (Å²) in [6, 6.07) is 4.69. The molecule has 1 aromatic rings. The molecule has 0 aromatic heterocycles. The number of rotatable bonds is 7. The molecule has 5 heteroatoms. The predicted molar refractivity (Wildman–Crippen MR) is 89.0 cm³/mol.